The number of esters is 1. The quantitative estimate of drug-likeness (QED) is 0.388. The molecule has 0 amide bonds. The molecule has 14 heavy (non-hydrogen) atoms. The lowest BCUT2D eigenvalue weighted by atomic mass is 10.2. The summed E-state index contributed by atoms with van der Waals surface area (Å²) in [5, 5.41) is 0. The average molecular weight is 192 g/mol. The predicted molar refractivity (Wildman–Crippen MR) is 57.6 cm³/mol. The molecule has 0 aliphatic heterocycles. The van der Waals surface area contributed by atoms with Crippen LogP contribution in [-0.4, -0.2) is 12.1 Å². The largest absolute Gasteiger partial charge is 0.449 e. The van der Waals surface area contributed by atoms with Gasteiger partial charge in [-0.3, -0.25) is 4.79 Å². The predicted octanol–water partition coefficient (Wildman–Crippen LogP) is 2.46. The van der Waals surface area contributed by atoms with Crippen LogP contribution in [-0.2, 0) is 9.53 Å². The van der Waals surface area contributed by atoms with Crippen molar-refractivity contribution in [1.29, 1.82) is 0 Å². The highest BCUT2D eigenvalue weighted by molar-refractivity contribution is 5.66. The molecular weight excluding hydrogens is 176 g/mol. The third-order valence-electron chi connectivity index (χ3n) is 1.39. The Hall–Kier alpha value is -1.49. The fourth-order valence-corrected chi connectivity index (χ4v) is 0.834. The first-order chi connectivity index (χ1) is 6.56. The van der Waals surface area contributed by atoms with E-state index in [0.717, 1.165) is 12.0 Å². The van der Waals surface area contributed by atoms with E-state index >= 15 is 0 Å². The Morgan fingerprint density at radius 3 is 2.64 bits per heavy atom. The molecule has 1 atom stereocenters. The van der Waals surface area contributed by atoms with Crippen molar-refractivity contribution in [3.05, 3.63) is 24.8 Å². The van der Waals surface area contributed by atoms with Gasteiger partial charge in [-0.05, 0) is 25.3 Å². The molecule has 0 saturated heterocycles. The van der Waals surface area contributed by atoms with Gasteiger partial charge in [-0.15, -0.1) is 6.58 Å². The van der Waals surface area contributed by atoms with E-state index in [1.165, 1.54) is 6.92 Å². The summed E-state index contributed by atoms with van der Waals surface area (Å²) in [5.41, 5.74) is 0.765. The van der Waals surface area contributed by atoms with Crippen LogP contribution in [0.25, 0.3) is 0 Å². The molecule has 0 radical (unpaired) electrons. The summed E-state index contributed by atoms with van der Waals surface area (Å²) in [5.74, 6) is 5.34. The van der Waals surface area contributed by atoms with Crippen LogP contribution in [0, 0.1) is 11.8 Å². The van der Waals surface area contributed by atoms with Crippen molar-refractivity contribution >= 4 is 5.97 Å². The van der Waals surface area contributed by atoms with Gasteiger partial charge >= 0.3 is 5.97 Å². The molecule has 0 N–H and O–H groups in total. The third kappa shape index (κ3) is 7.17. The molecule has 0 fully saturated rings. The van der Waals surface area contributed by atoms with Gasteiger partial charge in [-0.1, -0.05) is 24.5 Å². The zero-order valence-electron chi connectivity index (χ0n) is 8.80. The molecule has 0 heterocycles. The van der Waals surface area contributed by atoms with Crippen LogP contribution >= 0.6 is 0 Å². The molecule has 0 saturated carbocycles. The minimum Gasteiger partial charge on any atom is -0.449 e. The van der Waals surface area contributed by atoms with Crippen LogP contribution in [0.3, 0.4) is 0 Å². The third-order valence-corrected chi connectivity index (χ3v) is 1.39. The summed E-state index contributed by atoms with van der Waals surface area (Å²) < 4.78 is 5.00. The molecule has 0 aliphatic rings. The molecule has 2 nitrogen and oxygen atoms in total. The number of allylic oxidation sites excluding steroid dienone is 2. The molecule has 1 unspecified atom stereocenters. The fraction of sp³-hybridized carbons (Fsp3) is 0.417. The van der Waals surface area contributed by atoms with Gasteiger partial charge in [-0.25, -0.2) is 0 Å². The number of rotatable bonds is 4. The standard InChI is InChI=1S/C12H16O2/c1-5-6-7-12(14-11(4)13)9-8-10(2)3/h5,12H,1-2,6-7H2,3-4H3. The number of hydrogen-bond donors (Lipinski definition) is 0. The Morgan fingerprint density at radius 2 is 2.21 bits per heavy atom. The lowest BCUT2D eigenvalue weighted by Crippen LogP contribution is -2.13. The Balaban J connectivity index is 4.25. The first-order valence-electron chi connectivity index (χ1n) is 4.51. The summed E-state index contributed by atoms with van der Waals surface area (Å²) in [7, 11) is 0. The summed E-state index contributed by atoms with van der Waals surface area (Å²) in [6, 6.07) is 0. The summed E-state index contributed by atoms with van der Waals surface area (Å²) in [6.07, 6.45) is 2.90. The van der Waals surface area contributed by atoms with Crippen molar-refractivity contribution in [1.82, 2.24) is 0 Å². The Labute approximate surface area is 85.6 Å². The maximum Gasteiger partial charge on any atom is 0.303 e. The number of carbonyl (C=O) groups excluding carboxylic acids is 1. The summed E-state index contributed by atoms with van der Waals surface area (Å²) in [6.45, 7) is 10.4. The van der Waals surface area contributed by atoms with Gasteiger partial charge in [0, 0.05) is 6.92 Å². The van der Waals surface area contributed by atoms with Gasteiger partial charge in [-0.2, -0.15) is 0 Å². The van der Waals surface area contributed by atoms with Gasteiger partial charge in [0.25, 0.3) is 0 Å². The molecule has 0 rings (SSSR count). The molecule has 0 aromatic heterocycles. The van der Waals surface area contributed by atoms with Crippen molar-refractivity contribution in [2.24, 2.45) is 0 Å². The monoisotopic (exact) mass is 192 g/mol. The van der Waals surface area contributed by atoms with Crippen molar-refractivity contribution in [2.45, 2.75) is 32.8 Å². The van der Waals surface area contributed by atoms with E-state index in [-0.39, 0.29) is 12.1 Å². The molecule has 0 aromatic carbocycles. The zero-order chi connectivity index (χ0) is 11.0. The van der Waals surface area contributed by atoms with E-state index in [1.54, 1.807) is 6.08 Å². The first kappa shape index (κ1) is 12.5. The normalized spacial score (nSPS) is 10.7. The number of ether oxygens (including phenoxy) is 1. The van der Waals surface area contributed by atoms with Crippen molar-refractivity contribution in [3.63, 3.8) is 0 Å². The minimum absolute atomic E-state index is 0.310. The van der Waals surface area contributed by atoms with Gasteiger partial charge < -0.3 is 4.74 Å². The molecular formula is C12H16O2. The Bertz CT molecular complexity index is 278. The lowest BCUT2D eigenvalue weighted by molar-refractivity contribution is -0.143. The zero-order valence-corrected chi connectivity index (χ0v) is 8.80. The average Bonchev–Trinajstić information content (AvgIpc) is 2.09. The minimum atomic E-state index is -0.345. The van der Waals surface area contributed by atoms with Gasteiger partial charge in [0.1, 0.15) is 0 Å². The van der Waals surface area contributed by atoms with Crippen molar-refractivity contribution < 1.29 is 9.53 Å². The maximum absolute atomic E-state index is 10.7. The van der Waals surface area contributed by atoms with E-state index in [4.69, 9.17) is 4.74 Å². The molecule has 0 bridgehead atoms. The van der Waals surface area contributed by atoms with Crippen LogP contribution in [0.15, 0.2) is 24.8 Å². The highest BCUT2D eigenvalue weighted by Crippen LogP contribution is 2.02. The topological polar surface area (TPSA) is 26.3 Å². The van der Waals surface area contributed by atoms with E-state index in [2.05, 4.69) is 25.0 Å². The van der Waals surface area contributed by atoms with E-state index in [1.807, 2.05) is 6.92 Å². The Morgan fingerprint density at radius 1 is 1.57 bits per heavy atom. The summed E-state index contributed by atoms with van der Waals surface area (Å²) >= 11 is 0. The number of carbonyl (C=O) groups is 1. The molecule has 0 aliphatic carbocycles. The highest BCUT2D eigenvalue weighted by Gasteiger charge is 2.06. The van der Waals surface area contributed by atoms with E-state index < -0.39 is 0 Å². The fourth-order valence-electron chi connectivity index (χ4n) is 0.834. The van der Waals surface area contributed by atoms with Crippen LogP contribution in [0.2, 0.25) is 0 Å². The van der Waals surface area contributed by atoms with Crippen LogP contribution < -0.4 is 0 Å². The van der Waals surface area contributed by atoms with E-state index in [0.29, 0.717) is 6.42 Å². The first-order valence-corrected chi connectivity index (χ1v) is 4.51. The second-order valence-electron chi connectivity index (χ2n) is 3.01. The Kier molecular flexibility index (Phi) is 6.22. The van der Waals surface area contributed by atoms with Crippen molar-refractivity contribution in [3.8, 4) is 11.8 Å². The molecule has 76 valence electrons. The highest BCUT2D eigenvalue weighted by atomic mass is 16.5. The van der Waals surface area contributed by atoms with Crippen LogP contribution in [0.4, 0.5) is 0 Å². The second-order valence-corrected chi connectivity index (χ2v) is 3.01. The maximum atomic E-state index is 10.7. The van der Waals surface area contributed by atoms with E-state index in [9.17, 15) is 4.79 Å². The number of hydrogen-bond acceptors (Lipinski definition) is 2. The van der Waals surface area contributed by atoms with Gasteiger partial charge in [0.15, 0.2) is 6.10 Å². The van der Waals surface area contributed by atoms with Crippen molar-refractivity contribution in [2.75, 3.05) is 0 Å². The SMILES string of the molecule is C=CCCC(C#CC(=C)C)OC(C)=O. The van der Waals surface area contributed by atoms with Gasteiger partial charge in [0.2, 0.25) is 0 Å². The van der Waals surface area contributed by atoms with Crippen LogP contribution in [0.5, 0.6) is 0 Å². The lowest BCUT2D eigenvalue weighted by Gasteiger charge is -2.08. The van der Waals surface area contributed by atoms with Gasteiger partial charge in [0.05, 0.1) is 0 Å². The smallest absolute Gasteiger partial charge is 0.303 e. The molecule has 0 aromatic rings. The second kappa shape index (κ2) is 6.97. The summed E-state index contributed by atoms with van der Waals surface area (Å²) in [4.78, 5) is 10.7. The van der Waals surface area contributed by atoms with Crippen LogP contribution in [0.1, 0.15) is 26.7 Å². The molecule has 0 spiro atoms. The molecule has 2 heteroatoms.